The fourth-order valence-electron chi connectivity index (χ4n) is 2.77. The lowest BCUT2D eigenvalue weighted by atomic mass is 9.97. The lowest BCUT2D eigenvalue weighted by Crippen LogP contribution is -2.37. The Labute approximate surface area is 131 Å². The molecule has 0 amide bonds. The molecule has 1 aromatic rings. The molecule has 1 heterocycles. The number of hydrogen-bond donors (Lipinski definition) is 1. The highest BCUT2D eigenvalue weighted by Crippen LogP contribution is 2.17. The Bertz CT molecular complexity index is 402. The molecule has 1 aromatic carbocycles. The second kappa shape index (κ2) is 8.01. The van der Waals surface area contributed by atoms with E-state index in [9.17, 15) is 0 Å². The molecule has 2 rings (SSSR count). The van der Waals surface area contributed by atoms with Gasteiger partial charge in [-0.3, -0.25) is 0 Å². The molecule has 0 bridgehead atoms. The minimum atomic E-state index is 0.877. The zero-order valence-corrected chi connectivity index (χ0v) is 14.2. The molecule has 4 heteroatoms. The first kappa shape index (κ1) is 15.8. The van der Waals surface area contributed by atoms with E-state index in [1.165, 1.54) is 38.2 Å². The van der Waals surface area contributed by atoms with Crippen LogP contribution in [0.1, 0.15) is 12.8 Å². The lowest BCUT2D eigenvalue weighted by Gasteiger charge is -2.31. The van der Waals surface area contributed by atoms with Gasteiger partial charge in [0, 0.05) is 29.8 Å². The Kier molecular flexibility index (Phi) is 6.33. The van der Waals surface area contributed by atoms with Gasteiger partial charge in [-0.1, -0.05) is 22.0 Å². The molecule has 1 N–H and O–H groups in total. The highest BCUT2D eigenvalue weighted by molar-refractivity contribution is 9.10. The summed E-state index contributed by atoms with van der Waals surface area (Å²) in [5, 5.41) is 3.48. The van der Waals surface area contributed by atoms with Crippen molar-refractivity contribution in [3.05, 3.63) is 28.7 Å². The summed E-state index contributed by atoms with van der Waals surface area (Å²) in [6, 6.07) is 8.35. The topological polar surface area (TPSA) is 18.5 Å². The van der Waals surface area contributed by atoms with Crippen LogP contribution in [0.4, 0.5) is 5.69 Å². The zero-order chi connectivity index (χ0) is 14.4. The second-order valence-electron chi connectivity index (χ2n) is 5.95. The highest BCUT2D eigenvalue weighted by Gasteiger charge is 2.17. The number of benzene rings is 1. The Morgan fingerprint density at radius 1 is 1.35 bits per heavy atom. The third-order valence-electron chi connectivity index (χ3n) is 4.06. The maximum atomic E-state index is 3.50. The maximum absolute atomic E-state index is 3.50. The van der Waals surface area contributed by atoms with Crippen LogP contribution >= 0.6 is 15.9 Å². The maximum Gasteiger partial charge on any atom is 0.0351 e. The molecule has 1 aliphatic rings. The first-order chi connectivity index (χ1) is 9.63. The number of piperidine rings is 1. The summed E-state index contributed by atoms with van der Waals surface area (Å²) in [4.78, 5) is 4.90. The fraction of sp³-hybridized carbons (Fsp3) is 0.625. The Balaban J connectivity index is 1.64. The molecule has 20 heavy (non-hydrogen) atoms. The average molecular weight is 340 g/mol. The van der Waals surface area contributed by atoms with E-state index in [0.29, 0.717) is 0 Å². The van der Waals surface area contributed by atoms with Crippen molar-refractivity contribution in [3.63, 3.8) is 0 Å². The number of hydrogen-bond acceptors (Lipinski definition) is 3. The van der Waals surface area contributed by atoms with Crippen molar-refractivity contribution in [3.8, 4) is 0 Å². The quantitative estimate of drug-likeness (QED) is 0.858. The predicted molar refractivity (Wildman–Crippen MR) is 90.3 cm³/mol. The molecular formula is C16H26BrN3. The van der Waals surface area contributed by atoms with Crippen LogP contribution in [-0.2, 0) is 0 Å². The molecule has 0 aliphatic carbocycles. The van der Waals surface area contributed by atoms with Gasteiger partial charge in [-0.15, -0.1) is 0 Å². The van der Waals surface area contributed by atoms with Crippen LogP contribution < -0.4 is 5.32 Å². The van der Waals surface area contributed by atoms with Gasteiger partial charge >= 0.3 is 0 Å². The minimum Gasteiger partial charge on any atom is -0.384 e. The number of nitrogens with one attached hydrogen (secondary N) is 1. The summed E-state index contributed by atoms with van der Waals surface area (Å²) in [5.74, 6) is 0.877. The van der Waals surface area contributed by atoms with Crippen molar-refractivity contribution >= 4 is 21.6 Å². The van der Waals surface area contributed by atoms with E-state index >= 15 is 0 Å². The van der Waals surface area contributed by atoms with Crippen LogP contribution in [0, 0.1) is 5.92 Å². The van der Waals surface area contributed by atoms with Gasteiger partial charge in [-0.25, -0.2) is 0 Å². The van der Waals surface area contributed by atoms with Gasteiger partial charge in [-0.2, -0.15) is 0 Å². The van der Waals surface area contributed by atoms with Gasteiger partial charge < -0.3 is 15.1 Å². The summed E-state index contributed by atoms with van der Waals surface area (Å²) < 4.78 is 1.13. The average Bonchev–Trinajstić information content (AvgIpc) is 2.41. The van der Waals surface area contributed by atoms with Crippen LogP contribution in [-0.4, -0.2) is 56.6 Å². The van der Waals surface area contributed by atoms with Crippen LogP contribution in [0.2, 0.25) is 0 Å². The number of halogens is 1. The number of nitrogens with zero attached hydrogens (tertiary/aromatic N) is 2. The van der Waals surface area contributed by atoms with E-state index in [1.807, 2.05) is 0 Å². The van der Waals surface area contributed by atoms with E-state index < -0.39 is 0 Å². The molecule has 0 saturated carbocycles. The van der Waals surface area contributed by atoms with Crippen LogP contribution in [0.3, 0.4) is 0 Å². The standard InChI is InChI=1S/C16H26BrN3/c1-19-9-6-14(7-10-19)13-20(2)11-8-18-16-5-3-4-15(17)12-16/h3-5,12,14,18H,6-11,13H2,1-2H3. The molecule has 0 spiro atoms. The molecule has 1 fully saturated rings. The van der Waals surface area contributed by atoms with E-state index in [0.717, 1.165) is 23.5 Å². The third kappa shape index (κ3) is 5.43. The fourth-order valence-corrected chi connectivity index (χ4v) is 3.17. The molecule has 0 unspecified atom stereocenters. The van der Waals surface area contributed by atoms with Gasteiger partial charge in [0.1, 0.15) is 0 Å². The van der Waals surface area contributed by atoms with Crippen LogP contribution in [0.25, 0.3) is 0 Å². The van der Waals surface area contributed by atoms with E-state index in [-0.39, 0.29) is 0 Å². The molecule has 112 valence electrons. The highest BCUT2D eigenvalue weighted by atomic mass is 79.9. The summed E-state index contributed by atoms with van der Waals surface area (Å²) in [6.07, 6.45) is 2.69. The molecule has 1 aliphatic heterocycles. The number of likely N-dealkylation sites (N-methyl/N-ethyl adjacent to an activating group) is 1. The Hall–Kier alpha value is -0.580. The minimum absolute atomic E-state index is 0.877. The summed E-state index contributed by atoms with van der Waals surface area (Å²) in [7, 11) is 4.46. The summed E-state index contributed by atoms with van der Waals surface area (Å²) >= 11 is 3.50. The lowest BCUT2D eigenvalue weighted by molar-refractivity contribution is 0.178. The van der Waals surface area contributed by atoms with Crippen molar-refractivity contribution < 1.29 is 0 Å². The molecule has 0 radical (unpaired) electrons. The van der Waals surface area contributed by atoms with Gasteiger partial charge in [0.2, 0.25) is 0 Å². The van der Waals surface area contributed by atoms with Crippen molar-refractivity contribution in [2.45, 2.75) is 12.8 Å². The van der Waals surface area contributed by atoms with Crippen molar-refractivity contribution in [2.75, 3.05) is 52.1 Å². The summed E-state index contributed by atoms with van der Waals surface area (Å²) in [6.45, 7) is 5.84. The first-order valence-electron chi connectivity index (χ1n) is 7.50. The Morgan fingerprint density at radius 2 is 2.10 bits per heavy atom. The normalized spacial score (nSPS) is 17.6. The number of likely N-dealkylation sites (tertiary alicyclic amines) is 1. The predicted octanol–water partition coefficient (Wildman–Crippen LogP) is 3.13. The smallest absolute Gasteiger partial charge is 0.0351 e. The first-order valence-corrected chi connectivity index (χ1v) is 8.29. The third-order valence-corrected chi connectivity index (χ3v) is 4.55. The van der Waals surface area contributed by atoms with Gasteiger partial charge in [0.05, 0.1) is 0 Å². The van der Waals surface area contributed by atoms with Crippen LogP contribution in [0.5, 0.6) is 0 Å². The van der Waals surface area contributed by atoms with Crippen LogP contribution in [0.15, 0.2) is 28.7 Å². The van der Waals surface area contributed by atoms with Gasteiger partial charge in [-0.05, 0) is 64.1 Å². The van der Waals surface area contributed by atoms with Gasteiger partial charge in [0.25, 0.3) is 0 Å². The number of rotatable bonds is 6. The molecule has 0 atom stereocenters. The van der Waals surface area contributed by atoms with Gasteiger partial charge in [0.15, 0.2) is 0 Å². The van der Waals surface area contributed by atoms with E-state index in [1.54, 1.807) is 0 Å². The largest absolute Gasteiger partial charge is 0.384 e. The van der Waals surface area contributed by atoms with E-state index in [2.05, 4.69) is 69.4 Å². The summed E-state index contributed by atoms with van der Waals surface area (Å²) in [5.41, 5.74) is 1.19. The number of anilines is 1. The zero-order valence-electron chi connectivity index (χ0n) is 12.6. The second-order valence-corrected chi connectivity index (χ2v) is 6.86. The molecule has 1 saturated heterocycles. The van der Waals surface area contributed by atoms with E-state index in [4.69, 9.17) is 0 Å². The molecule has 0 aromatic heterocycles. The Morgan fingerprint density at radius 3 is 2.80 bits per heavy atom. The SMILES string of the molecule is CN1CCC(CN(C)CCNc2cccc(Br)c2)CC1. The van der Waals surface area contributed by atoms with Crippen molar-refractivity contribution in [1.82, 2.24) is 9.80 Å². The molecule has 3 nitrogen and oxygen atoms in total. The molecular weight excluding hydrogens is 314 g/mol. The van der Waals surface area contributed by atoms with Crippen molar-refractivity contribution in [2.24, 2.45) is 5.92 Å². The monoisotopic (exact) mass is 339 g/mol. The van der Waals surface area contributed by atoms with Crippen molar-refractivity contribution in [1.29, 1.82) is 0 Å².